The van der Waals surface area contributed by atoms with Gasteiger partial charge in [-0.15, -0.1) is 0 Å². The Morgan fingerprint density at radius 2 is 1.40 bits per heavy atom. The Morgan fingerprint density at radius 1 is 0.857 bits per heavy atom. The quantitative estimate of drug-likeness (QED) is 0.261. The largest absolute Gasteiger partial charge is 0.504 e. The summed E-state index contributed by atoms with van der Waals surface area (Å²) in [5.74, 6) is 0.0621. The van der Waals surface area contributed by atoms with Gasteiger partial charge in [-0.2, -0.15) is 0 Å². The van der Waals surface area contributed by atoms with Crippen LogP contribution >= 0.6 is 0 Å². The van der Waals surface area contributed by atoms with E-state index in [1.54, 1.807) is 24.3 Å². The summed E-state index contributed by atoms with van der Waals surface area (Å²) >= 11 is 0. The number of methoxy groups -OCH3 is 2. The standard InChI is InChI=1S/C25H34O10/c1-32-21-9-14(3-5-18(21)27)7-16(11-26)17(8-15-4-6-19(28)22(10-15)33-2)12-34-25-24(31)23(30)20(29)13-35-25/h3-6,9-10,16-17,20,23-31H,7-8,11-13H2,1-2H3/t16-,17?,20-,23+,24?,25-/m1/s1. The second kappa shape index (κ2) is 12.4. The van der Waals surface area contributed by atoms with Crippen molar-refractivity contribution in [1.82, 2.24) is 0 Å². The maximum absolute atomic E-state index is 10.3. The molecule has 0 radical (unpaired) electrons. The number of hydrogen-bond donors (Lipinski definition) is 6. The molecular formula is C25H34O10. The maximum Gasteiger partial charge on any atom is 0.186 e. The average Bonchev–Trinajstić information content (AvgIpc) is 2.86. The van der Waals surface area contributed by atoms with Crippen LogP contribution in [0.15, 0.2) is 36.4 Å². The van der Waals surface area contributed by atoms with Crippen molar-refractivity contribution < 1.29 is 49.6 Å². The zero-order chi connectivity index (χ0) is 25.5. The molecule has 10 nitrogen and oxygen atoms in total. The highest BCUT2D eigenvalue weighted by Crippen LogP contribution is 2.32. The molecule has 1 aliphatic heterocycles. The van der Waals surface area contributed by atoms with Gasteiger partial charge >= 0.3 is 0 Å². The third-order valence-corrected chi connectivity index (χ3v) is 6.31. The normalized spacial score (nSPS) is 24.1. The number of rotatable bonds is 11. The van der Waals surface area contributed by atoms with Gasteiger partial charge < -0.3 is 49.6 Å². The number of aliphatic hydroxyl groups is 4. The van der Waals surface area contributed by atoms with Gasteiger partial charge in [-0.25, -0.2) is 0 Å². The second-order valence-electron chi connectivity index (χ2n) is 8.71. The minimum absolute atomic E-state index is 0.00483. The van der Waals surface area contributed by atoms with E-state index in [2.05, 4.69) is 0 Å². The van der Waals surface area contributed by atoms with Crippen LogP contribution in [0.5, 0.6) is 23.0 Å². The third kappa shape index (κ3) is 6.75. The Labute approximate surface area is 203 Å². The molecule has 2 aromatic carbocycles. The van der Waals surface area contributed by atoms with Gasteiger partial charge in [-0.3, -0.25) is 0 Å². The van der Waals surface area contributed by atoms with E-state index in [1.165, 1.54) is 26.4 Å². The van der Waals surface area contributed by atoms with Crippen LogP contribution in [-0.4, -0.2) is 89.3 Å². The maximum atomic E-state index is 10.3. The summed E-state index contributed by atoms with van der Waals surface area (Å²) in [5.41, 5.74) is 1.66. The van der Waals surface area contributed by atoms with Crippen molar-refractivity contribution in [2.75, 3.05) is 34.0 Å². The molecule has 194 valence electrons. The van der Waals surface area contributed by atoms with Gasteiger partial charge in [0.1, 0.15) is 18.3 Å². The first-order chi connectivity index (χ1) is 16.8. The molecule has 1 saturated heterocycles. The Bertz CT molecular complexity index is 952. The van der Waals surface area contributed by atoms with Crippen molar-refractivity contribution in [1.29, 1.82) is 0 Å². The summed E-state index contributed by atoms with van der Waals surface area (Å²) in [6, 6.07) is 9.94. The van der Waals surface area contributed by atoms with E-state index in [1.807, 2.05) is 0 Å². The molecule has 3 rings (SSSR count). The molecule has 10 heteroatoms. The van der Waals surface area contributed by atoms with Gasteiger partial charge in [0.15, 0.2) is 29.3 Å². The molecular weight excluding hydrogens is 460 g/mol. The van der Waals surface area contributed by atoms with Gasteiger partial charge in [0, 0.05) is 6.61 Å². The molecule has 6 N–H and O–H groups in total. The lowest BCUT2D eigenvalue weighted by Crippen LogP contribution is -2.54. The van der Waals surface area contributed by atoms with Crippen molar-refractivity contribution in [3.05, 3.63) is 47.5 Å². The van der Waals surface area contributed by atoms with E-state index in [9.17, 15) is 30.6 Å². The molecule has 1 aliphatic rings. The van der Waals surface area contributed by atoms with Gasteiger partial charge in [0.2, 0.25) is 0 Å². The molecule has 0 bridgehead atoms. The topological polar surface area (TPSA) is 158 Å². The van der Waals surface area contributed by atoms with E-state index in [0.717, 1.165) is 11.1 Å². The number of phenolic OH excluding ortho intramolecular Hbond substituents is 2. The van der Waals surface area contributed by atoms with Crippen molar-refractivity contribution in [3.63, 3.8) is 0 Å². The van der Waals surface area contributed by atoms with Gasteiger partial charge in [-0.1, -0.05) is 12.1 Å². The van der Waals surface area contributed by atoms with E-state index in [-0.39, 0.29) is 43.2 Å². The van der Waals surface area contributed by atoms with E-state index in [4.69, 9.17) is 18.9 Å². The van der Waals surface area contributed by atoms with Crippen LogP contribution in [-0.2, 0) is 22.3 Å². The SMILES string of the molecule is COc1cc(CC(CO[C@@H]2OC[C@@H](O)[C@H](O)C2O)[C@@H](CO)Cc2ccc(O)c(OC)c2)ccc1O. The van der Waals surface area contributed by atoms with Crippen LogP contribution in [0.4, 0.5) is 0 Å². The summed E-state index contributed by atoms with van der Waals surface area (Å²) in [7, 11) is 2.91. The van der Waals surface area contributed by atoms with Crippen LogP contribution < -0.4 is 9.47 Å². The van der Waals surface area contributed by atoms with E-state index < -0.39 is 24.6 Å². The van der Waals surface area contributed by atoms with Crippen LogP contribution in [0.3, 0.4) is 0 Å². The van der Waals surface area contributed by atoms with Crippen LogP contribution in [0.2, 0.25) is 0 Å². The zero-order valence-corrected chi connectivity index (χ0v) is 19.8. The summed E-state index contributed by atoms with van der Waals surface area (Å²) in [4.78, 5) is 0. The van der Waals surface area contributed by atoms with Crippen molar-refractivity contribution in [3.8, 4) is 23.0 Å². The summed E-state index contributed by atoms with van der Waals surface area (Å²) in [6.45, 7) is -0.296. The smallest absolute Gasteiger partial charge is 0.186 e. The predicted molar refractivity (Wildman–Crippen MR) is 125 cm³/mol. The van der Waals surface area contributed by atoms with Crippen LogP contribution in [0, 0.1) is 11.8 Å². The molecule has 2 unspecified atom stereocenters. The van der Waals surface area contributed by atoms with E-state index >= 15 is 0 Å². The fourth-order valence-electron chi connectivity index (χ4n) is 4.19. The highest BCUT2D eigenvalue weighted by atomic mass is 16.7. The Hall–Kier alpha value is -2.60. The monoisotopic (exact) mass is 494 g/mol. The number of aliphatic hydroxyl groups excluding tert-OH is 4. The van der Waals surface area contributed by atoms with Crippen LogP contribution in [0.1, 0.15) is 11.1 Å². The number of phenols is 2. The Kier molecular flexibility index (Phi) is 9.55. The summed E-state index contributed by atoms with van der Waals surface area (Å²) in [6.07, 6.45) is -4.30. The first kappa shape index (κ1) is 27.0. The Morgan fingerprint density at radius 3 is 1.91 bits per heavy atom. The highest BCUT2D eigenvalue weighted by molar-refractivity contribution is 5.43. The van der Waals surface area contributed by atoms with E-state index in [0.29, 0.717) is 24.3 Å². The Balaban J connectivity index is 1.81. The molecule has 0 aromatic heterocycles. The number of hydrogen-bond acceptors (Lipinski definition) is 10. The third-order valence-electron chi connectivity index (χ3n) is 6.31. The number of benzene rings is 2. The second-order valence-corrected chi connectivity index (χ2v) is 8.71. The van der Waals surface area contributed by atoms with Crippen molar-refractivity contribution >= 4 is 0 Å². The minimum atomic E-state index is -1.43. The van der Waals surface area contributed by atoms with Crippen LogP contribution in [0.25, 0.3) is 0 Å². The summed E-state index contributed by atoms with van der Waals surface area (Å²) in [5, 5.41) is 60.0. The average molecular weight is 495 g/mol. The lowest BCUT2D eigenvalue weighted by molar-refractivity contribution is -0.273. The first-order valence-electron chi connectivity index (χ1n) is 11.4. The fourth-order valence-corrected chi connectivity index (χ4v) is 4.19. The lowest BCUT2D eigenvalue weighted by Gasteiger charge is -2.36. The molecule has 1 fully saturated rings. The molecule has 2 aromatic rings. The number of aromatic hydroxyl groups is 2. The molecule has 6 atom stereocenters. The first-order valence-corrected chi connectivity index (χ1v) is 11.4. The van der Waals surface area contributed by atoms with Gasteiger partial charge in [0.25, 0.3) is 0 Å². The molecule has 0 saturated carbocycles. The van der Waals surface area contributed by atoms with Crippen molar-refractivity contribution in [2.24, 2.45) is 11.8 Å². The molecule has 35 heavy (non-hydrogen) atoms. The number of ether oxygens (including phenoxy) is 4. The van der Waals surface area contributed by atoms with Gasteiger partial charge in [-0.05, 0) is 60.1 Å². The van der Waals surface area contributed by atoms with Crippen molar-refractivity contribution in [2.45, 2.75) is 37.4 Å². The zero-order valence-electron chi connectivity index (χ0n) is 19.8. The van der Waals surface area contributed by atoms with Gasteiger partial charge in [0.05, 0.1) is 27.4 Å². The summed E-state index contributed by atoms with van der Waals surface area (Å²) < 4.78 is 21.6. The molecule has 1 heterocycles. The lowest BCUT2D eigenvalue weighted by atomic mass is 9.83. The highest BCUT2D eigenvalue weighted by Gasteiger charge is 2.39. The molecule has 0 spiro atoms. The molecule has 0 aliphatic carbocycles. The fraction of sp³-hybridized carbons (Fsp3) is 0.520. The molecule has 0 amide bonds. The minimum Gasteiger partial charge on any atom is -0.504 e. The predicted octanol–water partition coefficient (Wildman–Crippen LogP) is 0.580.